The van der Waals surface area contributed by atoms with Crippen molar-refractivity contribution in [2.24, 2.45) is 0 Å². The van der Waals surface area contributed by atoms with Crippen LogP contribution in [0.4, 0.5) is 8.78 Å². The molecular weight excluding hydrogens is 214 g/mol. The number of halogens is 2. The number of aromatic amines is 1. The van der Waals surface area contributed by atoms with Crippen molar-refractivity contribution in [3.8, 4) is 0 Å². The third kappa shape index (κ3) is 1.80. The van der Waals surface area contributed by atoms with Crippen LogP contribution in [0, 0.1) is 11.6 Å². The summed E-state index contributed by atoms with van der Waals surface area (Å²) in [5.74, 6) is -1.54. The van der Waals surface area contributed by atoms with E-state index in [2.05, 4.69) is 9.97 Å². The Balaban J connectivity index is 2.72. The second-order valence-corrected chi connectivity index (χ2v) is 3.55. The quantitative estimate of drug-likeness (QED) is 0.849. The lowest BCUT2D eigenvalue weighted by molar-refractivity contribution is 0.510. The zero-order valence-electron chi connectivity index (χ0n) is 8.68. The highest BCUT2D eigenvalue weighted by atomic mass is 19.2. The topological polar surface area (TPSA) is 45.8 Å². The van der Waals surface area contributed by atoms with Crippen LogP contribution in [0.3, 0.4) is 0 Å². The maximum Gasteiger partial charge on any atom is 0.258 e. The van der Waals surface area contributed by atoms with Gasteiger partial charge in [0.25, 0.3) is 5.56 Å². The van der Waals surface area contributed by atoms with E-state index in [-0.39, 0.29) is 10.9 Å². The number of hydrogen-bond donors (Lipinski definition) is 1. The Morgan fingerprint density at radius 3 is 2.69 bits per heavy atom. The third-order valence-corrected chi connectivity index (χ3v) is 2.28. The van der Waals surface area contributed by atoms with Crippen LogP contribution in [0.5, 0.6) is 0 Å². The van der Waals surface area contributed by atoms with E-state index in [1.54, 1.807) is 0 Å². The highest BCUT2D eigenvalue weighted by Gasteiger charge is 2.09. The van der Waals surface area contributed by atoms with E-state index in [1.807, 2.05) is 6.92 Å². The van der Waals surface area contributed by atoms with Crippen molar-refractivity contribution in [2.75, 3.05) is 0 Å². The molecule has 0 aliphatic carbocycles. The summed E-state index contributed by atoms with van der Waals surface area (Å²) in [5, 5.41) is 0.0683. The molecule has 2 aromatic rings. The summed E-state index contributed by atoms with van der Waals surface area (Å²) >= 11 is 0. The molecule has 1 N–H and O–H groups in total. The van der Waals surface area contributed by atoms with Crippen LogP contribution >= 0.6 is 0 Å². The van der Waals surface area contributed by atoms with E-state index in [1.165, 1.54) is 0 Å². The Morgan fingerprint density at radius 1 is 1.31 bits per heavy atom. The second-order valence-electron chi connectivity index (χ2n) is 3.55. The van der Waals surface area contributed by atoms with Crippen molar-refractivity contribution < 1.29 is 8.78 Å². The first-order valence-electron chi connectivity index (χ1n) is 4.99. The number of nitrogens with zero attached hydrogens (tertiary/aromatic N) is 1. The SMILES string of the molecule is CCCc1nc2cc(F)c(F)cc2c(=O)[nH]1. The molecule has 0 saturated heterocycles. The molecule has 5 heteroatoms. The Bertz CT molecular complexity index is 592. The minimum absolute atomic E-state index is 0.0683. The minimum Gasteiger partial charge on any atom is -0.310 e. The van der Waals surface area contributed by atoms with E-state index in [0.29, 0.717) is 12.2 Å². The van der Waals surface area contributed by atoms with E-state index in [0.717, 1.165) is 18.6 Å². The number of H-pyrrole nitrogens is 1. The summed E-state index contributed by atoms with van der Waals surface area (Å²) in [4.78, 5) is 18.2. The number of fused-ring (bicyclic) bond motifs is 1. The molecule has 0 atom stereocenters. The maximum atomic E-state index is 13.0. The Labute approximate surface area is 90.1 Å². The van der Waals surface area contributed by atoms with Gasteiger partial charge in [0.05, 0.1) is 10.9 Å². The summed E-state index contributed by atoms with van der Waals surface area (Å²) in [7, 11) is 0. The maximum absolute atomic E-state index is 13.0. The molecule has 0 amide bonds. The van der Waals surface area contributed by atoms with Crippen molar-refractivity contribution in [3.63, 3.8) is 0 Å². The molecule has 0 unspecified atom stereocenters. The highest BCUT2D eigenvalue weighted by Crippen LogP contribution is 2.13. The van der Waals surface area contributed by atoms with Crippen molar-refractivity contribution in [2.45, 2.75) is 19.8 Å². The fourth-order valence-electron chi connectivity index (χ4n) is 1.54. The van der Waals surface area contributed by atoms with Gasteiger partial charge < -0.3 is 4.98 Å². The lowest BCUT2D eigenvalue weighted by Gasteiger charge is -2.02. The van der Waals surface area contributed by atoms with Crippen molar-refractivity contribution in [3.05, 3.63) is 39.9 Å². The lowest BCUT2D eigenvalue weighted by atomic mass is 10.2. The molecule has 0 fully saturated rings. The Kier molecular flexibility index (Phi) is 2.68. The first kappa shape index (κ1) is 10.7. The van der Waals surface area contributed by atoms with Gasteiger partial charge in [0.2, 0.25) is 0 Å². The van der Waals surface area contributed by atoms with Crippen molar-refractivity contribution >= 4 is 10.9 Å². The number of benzene rings is 1. The largest absolute Gasteiger partial charge is 0.310 e. The standard InChI is InChI=1S/C11H10F2N2O/c1-2-3-10-14-9-5-8(13)7(12)4-6(9)11(16)15-10/h4-5H,2-3H2,1H3,(H,14,15,16). The number of aromatic nitrogens is 2. The van der Waals surface area contributed by atoms with Crippen LogP contribution in [-0.4, -0.2) is 9.97 Å². The van der Waals surface area contributed by atoms with Gasteiger partial charge in [0.1, 0.15) is 5.82 Å². The van der Waals surface area contributed by atoms with Gasteiger partial charge in [0, 0.05) is 12.5 Å². The number of rotatable bonds is 2. The average molecular weight is 224 g/mol. The van der Waals surface area contributed by atoms with Gasteiger partial charge in [-0.3, -0.25) is 4.79 Å². The molecule has 1 aromatic carbocycles. The number of aryl methyl sites for hydroxylation is 1. The predicted molar refractivity (Wildman–Crippen MR) is 56.3 cm³/mol. The van der Waals surface area contributed by atoms with Gasteiger partial charge in [0.15, 0.2) is 11.6 Å². The normalized spacial score (nSPS) is 10.9. The van der Waals surface area contributed by atoms with Crippen LogP contribution < -0.4 is 5.56 Å². The first-order chi connectivity index (χ1) is 7.61. The fraction of sp³-hybridized carbons (Fsp3) is 0.273. The average Bonchev–Trinajstić information content (AvgIpc) is 2.22. The molecular formula is C11H10F2N2O. The second kappa shape index (κ2) is 4.00. The minimum atomic E-state index is -1.04. The van der Waals surface area contributed by atoms with Gasteiger partial charge in [-0.15, -0.1) is 0 Å². The number of nitrogens with one attached hydrogen (secondary N) is 1. The summed E-state index contributed by atoms with van der Waals surface area (Å²) < 4.78 is 25.9. The van der Waals surface area contributed by atoms with Crippen LogP contribution in [-0.2, 0) is 6.42 Å². The van der Waals surface area contributed by atoms with E-state index < -0.39 is 17.2 Å². The van der Waals surface area contributed by atoms with Crippen LogP contribution in [0.1, 0.15) is 19.2 Å². The van der Waals surface area contributed by atoms with Crippen LogP contribution in [0.25, 0.3) is 10.9 Å². The summed E-state index contributed by atoms with van der Waals surface area (Å²) in [6, 6.07) is 1.81. The Hall–Kier alpha value is -1.78. The monoisotopic (exact) mass is 224 g/mol. The van der Waals surface area contributed by atoms with E-state index in [9.17, 15) is 13.6 Å². The molecule has 0 saturated carbocycles. The molecule has 16 heavy (non-hydrogen) atoms. The zero-order valence-corrected chi connectivity index (χ0v) is 8.68. The first-order valence-corrected chi connectivity index (χ1v) is 4.99. The zero-order chi connectivity index (χ0) is 11.7. The molecule has 3 nitrogen and oxygen atoms in total. The van der Waals surface area contributed by atoms with E-state index in [4.69, 9.17) is 0 Å². The van der Waals surface area contributed by atoms with Crippen molar-refractivity contribution in [1.29, 1.82) is 0 Å². The van der Waals surface area contributed by atoms with Gasteiger partial charge in [-0.05, 0) is 12.5 Å². The van der Waals surface area contributed by atoms with Gasteiger partial charge in [-0.1, -0.05) is 6.92 Å². The van der Waals surface area contributed by atoms with Crippen LogP contribution in [0.2, 0.25) is 0 Å². The van der Waals surface area contributed by atoms with Crippen molar-refractivity contribution in [1.82, 2.24) is 9.97 Å². The number of hydrogen-bond acceptors (Lipinski definition) is 2. The molecule has 1 heterocycles. The predicted octanol–water partition coefficient (Wildman–Crippen LogP) is 2.15. The summed E-state index contributed by atoms with van der Waals surface area (Å²) in [5.41, 5.74) is -0.251. The van der Waals surface area contributed by atoms with Gasteiger partial charge >= 0.3 is 0 Å². The van der Waals surface area contributed by atoms with Crippen LogP contribution in [0.15, 0.2) is 16.9 Å². The lowest BCUT2D eigenvalue weighted by Crippen LogP contribution is -2.12. The third-order valence-electron chi connectivity index (χ3n) is 2.28. The van der Waals surface area contributed by atoms with E-state index >= 15 is 0 Å². The molecule has 1 aromatic heterocycles. The molecule has 2 rings (SSSR count). The smallest absolute Gasteiger partial charge is 0.258 e. The highest BCUT2D eigenvalue weighted by molar-refractivity contribution is 5.77. The summed E-state index contributed by atoms with van der Waals surface area (Å²) in [6.07, 6.45) is 1.42. The Morgan fingerprint density at radius 2 is 2.00 bits per heavy atom. The molecule has 84 valence electrons. The molecule has 0 aliphatic heterocycles. The molecule has 0 bridgehead atoms. The molecule has 0 spiro atoms. The fourth-order valence-corrected chi connectivity index (χ4v) is 1.54. The summed E-state index contributed by atoms with van der Waals surface area (Å²) in [6.45, 7) is 1.94. The molecule has 0 aliphatic rings. The molecule has 0 radical (unpaired) electrons. The van der Waals surface area contributed by atoms with Gasteiger partial charge in [-0.25, -0.2) is 13.8 Å². The van der Waals surface area contributed by atoms with Gasteiger partial charge in [-0.2, -0.15) is 0 Å².